The third-order valence-electron chi connectivity index (χ3n) is 3.62. The summed E-state index contributed by atoms with van der Waals surface area (Å²) in [6.45, 7) is 5.40. The number of aliphatic carboxylic acids is 1. The molecule has 0 saturated heterocycles. The number of nitrogens with one attached hydrogen (secondary N) is 2. The van der Waals surface area contributed by atoms with Crippen molar-refractivity contribution >= 4 is 17.8 Å². The lowest BCUT2D eigenvalue weighted by molar-refractivity contribution is -0.142. The van der Waals surface area contributed by atoms with Gasteiger partial charge in [0.1, 0.15) is 11.8 Å². The first kappa shape index (κ1) is 20.5. The Morgan fingerprint density at radius 3 is 2.44 bits per heavy atom. The van der Waals surface area contributed by atoms with Crippen LogP contribution in [0.3, 0.4) is 0 Å². The normalized spacial score (nSPS) is 11.7. The van der Waals surface area contributed by atoms with Crippen LogP contribution in [-0.2, 0) is 20.8 Å². The van der Waals surface area contributed by atoms with E-state index in [2.05, 4.69) is 10.6 Å². The monoisotopic (exact) mass is 350 g/mol. The van der Waals surface area contributed by atoms with Crippen LogP contribution in [0.25, 0.3) is 0 Å². The van der Waals surface area contributed by atoms with Gasteiger partial charge in [-0.1, -0.05) is 26.0 Å². The highest BCUT2D eigenvalue weighted by molar-refractivity contribution is 5.88. The van der Waals surface area contributed by atoms with Crippen LogP contribution in [0.2, 0.25) is 0 Å². The van der Waals surface area contributed by atoms with E-state index in [9.17, 15) is 14.4 Å². The maximum Gasteiger partial charge on any atom is 0.326 e. The molecule has 25 heavy (non-hydrogen) atoms. The SMILES string of the molecule is COc1cc(CC(=O)NCC(=O)N[C@@H](CC(C)C)C(=O)O)ccc1C. The average Bonchev–Trinajstić information content (AvgIpc) is 2.53. The minimum Gasteiger partial charge on any atom is -0.496 e. The minimum absolute atomic E-state index is 0.109. The first-order chi connectivity index (χ1) is 11.7. The quantitative estimate of drug-likeness (QED) is 0.622. The molecule has 1 atom stereocenters. The number of hydrogen-bond acceptors (Lipinski definition) is 4. The van der Waals surface area contributed by atoms with Gasteiger partial charge in [0.2, 0.25) is 11.8 Å². The Balaban J connectivity index is 2.50. The number of hydrogen-bond donors (Lipinski definition) is 3. The maximum atomic E-state index is 12.0. The third kappa shape index (κ3) is 7.24. The molecular formula is C18H26N2O5. The van der Waals surface area contributed by atoms with Gasteiger partial charge in [-0.05, 0) is 36.5 Å². The number of carboxylic acid groups (broad SMARTS) is 1. The molecule has 0 aliphatic carbocycles. The number of amides is 2. The molecule has 1 aromatic carbocycles. The summed E-state index contributed by atoms with van der Waals surface area (Å²) in [5, 5.41) is 14.0. The number of methoxy groups -OCH3 is 1. The molecule has 0 aliphatic rings. The van der Waals surface area contributed by atoms with E-state index in [0.29, 0.717) is 12.2 Å². The standard InChI is InChI=1S/C18H26N2O5/c1-11(2)7-14(18(23)24)20-17(22)10-19-16(21)9-13-6-5-12(3)15(8-13)25-4/h5-6,8,11,14H,7,9-10H2,1-4H3,(H,19,21)(H,20,22)(H,23,24)/t14-/m0/s1. The van der Waals surface area contributed by atoms with Crippen LogP contribution in [-0.4, -0.2) is 42.6 Å². The Morgan fingerprint density at radius 1 is 1.20 bits per heavy atom. The second-order valence-electron chi connectivity index (χ2n) is 6.35. The van der Waals surface area contributed by atoms with E-state index in [-0.39, 0.29) is 24.8 Å². The Morgan fingerprint density at radius 2 is 1.88 bits per heavy atom. The zero-order valence-electron chi connectivity index (χ0n) is 15.1. The van der Waals surface area contributed by atoms with Crippen molar-refractivity contribution in [1.82, 2.24) is 10.6 Å². The van der Waals surface area contributed by atoms with Crippen molar-refractivity contribution in [3.8, 4) is 5.75 Å². The zero-order valence-corrected chi connectivity index (χ0v) is 15.1. The van der Waals surface area contributed by atoms with E-state index >= 15 is 0 Å². The number of ether oxygens (including phenoxy) is 1. The van der Waals surface area contributed by atoms with Crippen molar-refractivity contribution in [2.45, 2.75) is 39.7 Å². The van der Waals surface area contributed by atoms with Crippen molar-refractivity contribution in [1.29, 1.82) is 0 Å². The second kappa shape index (κ2) is 9.66. The summed E-state index contributed by atoms with van der Waals surface area (Å²) >= 11 is 0. The number of carboxylic acids is 1. The van der Waals surface area contributed by atoms with Gasteiger partial charge in [0, 0.05) is 0 Å². The largest absolute Gasteiger partial charge is 0.496 e. The molecule has 0 aromatic heterocycles. The average molecular weight is 350 g/mol. The molecule has 2 amide bonds. The summed E-state index contributed by atoms with van der Waals surface area (Å²) in [7, 11) is 1.56. The minimum atomic E-state index is -1.08. The molecule has 0 unspecified atom stereocenters. The van der Waals surface area contributed by atoms with Crippen molar-refractivity contribution in [2.75, 3.05) is 13.7 Å². The maximum absolute atomic E-state index is 12.0. The number of carbonyl (C=O) groups excluding carboxylic acids is 2. The first-order valence-electron chi connectivity index (χ1n) is 8.15. The summed E-state index contributed by atoms with van der Waals surface area (Å²) in [5.74, 6) is -1.10. The lowest BCUT2D eigenvalue weighted by atomic mass is 10.0. The van der Waals surface area contributed by atoms with E-state index < -0.39 is 17.9 Å². The Kier molecular flexibility index (Phi) is 7.91. The number of rotatable bonds is 9. The molecule has 138 valence electrons. The van der Waals surface area contributed by atoms with Crippen LogP contribution in [0.1, 0.15) is 31.4 Å². The van der Waals surface area contributed by atoms with Gasteiger partial charge in [-0.15, -0.1) is 0 Å². The van der Waals surface area contributed by atoms with Crippen LogP contribution < -0.4 is 15.4 Å². The van der Waals surface area contributed by atoms with Crippen molar-refractivity contribution in [3.05, 3.63) is 29.3 Å². The van der Waals surface area contributed by atoms with Crippen LogP contribution in [0, 0.1) is 12.8 Å². The van der Waals surface area contributed by atoms with E-state index in [1.807, 2.05) is 32.9 Å². The van der Waals surface area contributed by atoms with E-state index in [1.165, 1.54) is 0 Å². The van der Waals surface area contributed by atoms with Gasteiger partial charge in [0.15, 0.2) is 0 Å². The van der Waals surface area contributed by atoms with Gasteiger partial charge in [0.05, 0.1) is 20.1 Å². The van der Waals surface area contributed by atoms with Gasteiger partial charge >= 0.3 is 5.97 Å². The molecule has 1 rings (SSSR count). The highest BCUT2D eigenvalue weighted by Crippen LogP contribution is 2.19. The fraction of sp³-hybridized carbons (Fsp3) is 0.500. The Hall–Kier alpha value is -2.57. The molecule has 0 fully saturated rings. The fourth-order valence-electron chi connectivity index (χ4n) is 2.34. The fourth-order valence-corrected chi connectivity index (χ4v) is 2.34. The molecule has 0 aliphatic heterocycles. The summed E-state index contributed by atoms with van der Waals surface area (Å²) < 4.78 is 5.21. The molecule has 0 radical (unpaired) electrons. The number of benzene rings is 1. The van der Waals surface area contributed by atoms with Gasteiger partial charge in [-0.3, -0.25) is 9.59 Å². The predicted molar refractivity (Wildman–Crippen MR) is 93.5 cm³/mol. The predicted octanol–water partition coefficient (Wildman–Crippen LogP) is 1.28. The highest BCUT2D eigenvalue weighted by Gasteiger charge is 2.21. The summed E-state index contributed by atoms with van der Waals surface area (Å²) in [4.78, 5) is 34.9. The summed E-state index contributed by atoms with van der Waals surface area (Å²) in [5.41, 5.74) is 1.74. The smallest absolute Gasteiger partial charge is 0.326 e. The molecular weight excluding hydrogens is 324 g/mol. The number of carbonyl (C=O) groups is 3. The Bertz CT molecular complexity index is 628. The molecule has 3 N–H and O–H groups in total. The molecule has 1 aromatic rings. The van der Waals surface area contributed by atoms with E-state index in [0.717, 1.165) is 11.1 Å². The lowest BCUT2D eigenvalue weighted by Crippen LogP contribution is -2.46. The summed E-state index contributed by atoms with van der Waals surface area (Å²) in [6, 6.07) is 4.50. The second-order valence-corrected chi connectivity index (χ2v) is 6.35. The van der Waals surface area contributed by atoms with Crippen LogP contribution in [0.15, 0.2) is 18.2 Å². The molecule has 7 nitrogen and oxygen atoms in total. The first-order valence-corrected chi connectivity index (χ1v) is 8.15. The van der Waals surface area contributed by atoms with Gasteiger partial charge in [-0.25, -0.2) is 4.79 Å². The highest BCUT2D eigenvalue weighted by atomic mass is 16.5. The Labute approximate surface area is 147 Å². The third-order valence-corrected chi connectivity index (χ3v) is 3.62. The molecule has 0 spiro atoms. The van der Waals surface area contributed by atoms with Gasteiger partial charge in [-0.2, -0.15) is 0 Å². The molecule has 0 saturated carbocycles. The zero-order chi connectivity index (χ0) is 19.0. The van der Waals surface area contributed by atoms with E-state index in [4.69, 9.17) is 9.84 Å². The van der Waals surface area contributed by atoms with Crippen molar-refractivity contribution in [3.63, 3.8) is 0 Å². The molecule has 0 heterocycles. The van der Waals surface area contributed by atoms with Crippen molar-refractivity contribution < 1.29 is 24.2 Å². The van der Waals surface area contributed by atoms with Crippen LogP contribution >= 0.6 is 0 Å². The topological polar surface area (TPSA) is 105 Å². The van der Waals surface area contributed by atoms with Gasteiger partial charge < -0.3 is 20.5 Å². The van der Waals surface area contributed by atoms with Crippen molar-refractivity contribution in [2.24, 2.45) is 5.92 Å². The van der Waals surface area contributed by atoms with Crippen LogP contribution in [0.5, 0.6) is 5.75 Å². The molecule has 0 bridgehead atoms. The summed E-state index contributed by atoms with van der Waals surface area (Å²) in [6.07, 6.45) is 0.441. The van der Waals surface area contributed by atoms with E-state index in [1.54, 1.807) is 13.2 Å². The van der Waals surface area contributed by atoms with Crippen LogP contribution in [0.4, 0.5) is 0 Å². The molecule has 7 heteroatoms. The lowest BCUT2D eigenvalue weighted by Gasteiger charge is -2.16. The van der Waals surface area contributed by atoms with Gasteiger partial charge in [0.25, 0.3) is 0 Å². The number of aryl methyl sites for hydroxylation is 1.